The van der Waals surface area contributed by atoms with Crippen LogP contribution in [-0.4, -0.2) is 36.6 Å². The smallest absolute Gasteiger partial charge is 0.406 e. The van der Waals surface area contributed by atoms with Crippen molar-refractivity contribution in [1.82, 2.24) is 10.1 Å². The lowest BCUT2D eigenvalue weighted by atomic mass is 9.94. The summed E-state index contributed by atoms with van der Waals surface area (Å²) in [5.41, 5.74) is 1.24. The zero-order chi connectivity index (χ0) is 30.3. The summed E-state index contributed by atoms with van der Waals surface area (Å²) in [4.78, 5) is 17.3. The number of anilines is 1. The number of nitrogens with one attached hydrogen (secondary N) is 1. The molecule has 0 unspecified atom stereocenters. The number of hydrogen-bond donors (Lipinski definition) is 1. The maximum Gasteiger partial charge on any atom is 0.573 e. The van der Waals surface area contributed by atoms with E-state index in [0.717, 1.165) is 12.1 Å². The van der Waals surface area contributed by atoms with Crippen LogP contribution in [0.3, 0.4) is 0 Å². The van der Waals surface area contributed by atoms with Gasteiger partial charge in [0.1, 0.15) is 5.75 Å². The van der Waals surface area contributed by atoms with Crippen LogP contribution in [0.25, 0.3) is 11.5 Å². The Morgan fingerprint density at radius 3 is 2.21 bits per heavy atom. The van der Waals surface area contributed by atoms with Gasteiger partial charge < -0.3 is 14.6 Å². The van der Waals surface area contributed by atoms with Gasteiger partial charge in [-0.3, -0.25) is 4.79 Å². The highest BCUT2D eigenvalue weighted by atomic mass is 35.5. The number of alkyl halides is 3. The number of sulfone groups is 1. The van der Waals surface area contributed by atoms with Crippen molar-refractivity contribution in [1.29, 1.82) is 0 Å². The van der Waals surface area contributed by atoms with Crippen LogP contribution in [0.4, 0.5) is 18.9 Å². The summed E-state index contributed by atoms with van der Waals surface area (Å²) in [6.45, 7) is 1.56. The van der Waals surface area contributed by atoms with Crippen molar-refractivity contribution in [3.8, 4) is 17.2 Å². The molecule has 1 aromatic heterocycles. The molecule has 0 radical (unpaired) electrons. The number of aromatic nitrogens is 2. The Kier molecular flexibility index (Phi) is 7.99. The highest BCUT2D eigenvalue weighted by molar-refractivity contribution is 7.91. The van der Waals surface area contributed by atoms with Crippen LogP contribution in [0.2, 0.25) is 10.0 Å². The number of amides is 1. The lowest BCUT2D eigenvalue weighted by Gasteiger charge is -2.17. The minimum absolute atomic E-state index is 0.00231. The highest BCUT2D eigenvalue weighted by Crippen LogP contribution is 2.57. The van der Waals surface area contributed by atoms with Crippen molar-refractivity contribution in [2.24, 2.45) is 0 Å². The molecule has 14 heteroatoms. The first kappa shape index (κ1) is 29.9. The summed E-state index contributed by atoms with van der Waals surface area (Å²) in [5, 5.41) is 7.41. The van der Waals surface area contributed by atoms with Crippen LogP contribution < -0.4 is 10.1 Å². The zero-order valence-electron chi connectivity index (χ0n) is 21.8. The zero-order valence-corrected chi connectivity index (χ0v) is 24.2. The van der Waals surface area contributed by atoms with Gasteiger partial charge in [-0.15, -0.1) is 13.2 Å². The lowest BCUT2D eigenvalue weighted by Crippen LogP contribution is -2.17. The highest BCUT2D eigenvalue weighted by Gasteiger charge is 2.52. The van der Waals surface area contributed by atoms with E-state index in [4.69, 9.17) is 27.7 Å². The van der Waals surface area contributed by atoms with E-state index in [-0.39, 0.29) is 44.7 Å². The van der Waals surface area contributed by atoms with Crippen LogP contribution in [0, 0.1) is 0 Å². The van der Waals surface area contributed by atoms with Crippen LogP contribution in [0.1, 0.15) is 36.7 Å². The van der Waals surface area contributed by atoms with E-state index >= 15 is 0 Å². The summed E-state index contributed by atoms with van der Waals surface area (Å²) in [6.07, 6.45) is -3.55. The second-order valence-corrected chi connectivity index (χ2v) is 12.8. The maximum absolute atomic E-state index is 12.7. The third-order valence-electron chi connectivity index (χ3n) is 6.77. The Bertz CT molecular complexity index is 1710. The molecule has 1 fully saturated rings. The average Bonchev–Trinajstić information content (AvgIpc) is 3.54. The fourth-order valence-corrected chi connectivity index (χ4v) is 6.25. The largest absolute Gasteiger partial charge is 0.573 e. The molecule has 4 aromatic rings. The van der Waals surface area contributed by atoms with Crippen molar-refractivity contribution >= 4 is 44.6 Å². The summed E-state index contributed by atoms with van der Waals surface area (Å²) < 4.78 is 70.6. The Labute approximate surface area is 248 Å². The molecule has 1 heterocycles. The van der Waals surface area contributed by atoms with Gasteiger partial charge in [0.15, 0.2) is 15.7 Å². The van der Waals surface area contributed by atoms with E-state index in [1.165, 1.54) is 24.3 Å². The van der Waals surface area contributed by atoms with E-state index in [2.05, 4.69) is 20.2 Å². The van der Waals surface area contributed by atoms with Crippen molar-refractivity contribution < 1.29 is 35.6 Å². The van der Waals surface area contributed by atoms with Crippen molar-refractivity contribution in [3.05, 3.63) is 87.7 Å². The lowest BCUT2D eigenvalue weighted by molar-refractivity contribution is -0.274. The van der Waals surface area contributed by atoms with Gasteiger partial charge in [-0.25, -0.2) is 8.42 Å². The predicted molar refractivity (Wildman–Crippen MR) is 149 cm³/mol. The second kappa shape index (κ2) is 11.2. The maximum atomic E-state index is 12.7. The second-order valence-electron chi connectivity index (χ2n) is 9.66. The first-order valence-electron chi connectivity index (χ1n) is 12.6. The topological polar surface area (TPSA) is 111 Å². The van der Waals surface area contributed by atoms with Gasteiger partial charge in [-0.05, 0) is 66.9 Å². The number of rotatable bonds is 9. The first-order chi connectivity index (χ1) is 19.8. The van der Waals surface area contributed by atoms with Crippen LogP contribution in [-0.2, 0) is 26.5 Å². The third-order valence-corrected chi connectivity index (χ3v) is 9.12. The average molecular weight is 640 g/mol. The Hall–Kier alpha value is -3.61. The molecule has 42 heavy (non-hydrogen) atoms. The van der Waals surface area contributed by atoms with Crippen molar-refractivity contribution in [2.45, 2.75) is 42.9 Å². The Balaban J connectivity index is 1.30. The minimum Gasteiger partial charge on any atom is -0.406 e. The molecule has 1 aliphatic carbocycles. The summed E-state index contributed by atoms with van der Waals surface area (Å²) >= 11 is 13.3. The monoisotopic (exact) mass is 639 g/mol. The number of ether oxygens (including phenoxy) is 1. The molecule has 8 nitrogen and oxygen atoms in total. The van der Waals surface area contributed by atoms with Gasteiger partial charge in [0.05, 0.1) is 22.5 Å². The van der Waals surface area contributed by atoms with Crippen molar-refractivity contribution in [2.75, 3.05) is 11.1 Å². The van der Waals surface area contributed by atoms with Gasteiger partial charge in [0.25, 0.3) is 5.89 Å². The van der Waals surface area contributed by atoms with Crippen molar-refractivity contribution in [3.63, 3.8) is 0 Å². The molecular formula is C28H22Cl2F3N3O5S. The molecule has 5 rings (SSSR count). The quantitative estimate of drug-likeness (QED) is 0.210. The van der Waals surface area contributed by atoms with Gasteiger partial charge >= 0.3 is 6.36 Å². The van der Waals surface area contributed by atoms with Crippen LogP contribution in [0.15, 0.2) is 70.1 Å². The Morgan fingerprint density at radius 1 is 1.05 bits per heavy atom. The number of hydrogen-bond acceptors (Lipinski definition) is 7. The van der Waals surface area contributed by atoms with E-state index in [1.807, 2.05) is 0 Å². The molecule has 220 valence electrons. The third kappa shape index (κ3) is 6.40. The van der Waals surface area contributed by atoms with E-state index in [9.17, 15) is 26.4 Å². The van der Waals surface area contributed by atoms with E-state index in [0.29, 0.717) is 41.0 Å². The number of carbonyl (C=O) groups excluding carboxylic acids is 1. The van der Waals surface area contributed by atoms with E-state index in [1.54, 1.807) is 31.2 Å². The molecule has 1 N–H and O–H groups in total. The molecule has 0 spiro atoms. The van der Waals surface area contributed by atoms with E-state index < -0.39 is 21.6 Å². The van der Waals surface area contributed by atoms with Crippen LogP contribution >= 0.6 is 23.2 Å². The van der Waals surface area contributed by atoms with Gasteiger partial charge in [-0.2, -0.15) is 4.98 Å². The normalized spacial score (nSPS) is 14.4. The van der Waals surface area contributed by atoms with Gasteiger partial charge in [0.2, 0.25) is 5.91 Å². The molecule has 1 saturated carbocycles. The Morgan fingerprint density at radius 2 is 1.67 bits per heavy atom. The van der Waals surface area contributed by atoms with Gasteiger partial charge in [-0.1, -0.05) is 47.4 Å². The summed E-state index contributed by atoms with van der Waals surface area (Å²) in [5.74, 6) is -0.321. The minimum atomic E-state index is -4.80. The first-order valence-corrected chi connectivity index (χ1v) is 15.0. The number of carbonyl (C=O) groups is 1. The predicted octanol–water partition coefficient (Wildman–Crippen LogP) is 7.00. The number of halogens is 5. The molecule has 1 aliphatic rings. The molecule has 3 aromatic carbocycles. The SMILES string of the molecule is CCS(=O)(=O)c1ccc(CC(=O)Nc2cc(Cl)c(C3(c4noc(-c5ccc(OC(F)(F)F)cc5)n4)CC3)c(Cl)c2)cc1. The molecule has 0 atom stereocenters. The molecule has 1 amide bonds. The van der Waals surface area contributed by atoms with Gasteiger partial charge in [0, 0.05) is 26.9 Å². The molecule has 0 saturated heterocycles. The molecular weight excluding hydrogens is 618 g/mol. The summed E-state index contributed by atoms with van der Waals surface area (Å²) in [7, 11) is -3.34. The standard InChI is InChI=1S/C28H22Cl2F3N3O5S/c1-2-42(38,39)20-9-3-16(4-10-20)13-23(37)34-18-14-21(29)24(22(30)15-18)27(11-12-27)26-35-25(41-36-26)17-5-7-19(8-6-17)40-28(31,32)33/h3-10,14-15H,2,11-13H2,1H3,(H,34,37). The fourth-order valence-electron chi connectivity index (χ4n) is 4.52. The fraction of sp³-hybridized carbons (Fsp3) is 0.250. The number of benzene rings is 3. The summed E-state index contributed by atoms with van der Waals surface area (Å²) in [6, 6.07) is 14.3. The number of nitrogens with zero attached hydrogens (tertiary/aromatic N) is 2. The van der Waals surface area contributed by atoms with Crippen LogP contribution in [0.5, 0.6) is 5.75 Å². The molecule has 0 aliphatic heterocycles. The molecule has 0 bridgehead atoms.